The van der Waals surface area contributed by atoms with Crippen LogP contribution in [0.1, 0.15) is 51.3 Å². The lowest BCUT2D eigenvalue weighted by molar-refractivity contribution is -0.192. The number of ether oxygens (including phenoxy) is 1. The van der Waals surface area contributed by atoms with Gasteiger partial charge in [0.2, 0.25) is 0 Å². The highest BCUT2D eigenvalue weighted by Gasteiger charge is 2.38. The lowest BCUT2D eigenvalue weighted by Crippen LogP contribution is -2.48. The van der Waals surface area contributed by atoms with E-state index >= 15 is 0 Å². The summed E-state index contributed by atoms with van der Waals surface area (Å²) in [4.78, 5) is 36.5. The van der Waals surface area contributed by atoms with Crippen molar-refractivity contribution in [3.8, 4) is 0 Å². The molecule has 0 saturated heterocycles. The number of rotatable bonds is 7. The van der Waals surface area contributed by atoms with Crippen molar-refractivity contribution in [1.29, 1.82) is 0 Å². The molecule has 2 rings (SSSR count). The molecule has 1 fully saturated rings. The Morgan fingerprint density at radius 3 is 2.33 bits per heavy atom. The molecule has 1 aromatic heterocycles. The maximum atomic E-state index is 12.4. The predicted octanol–water partition coefficient (Wildman–Crippen LogP) is 2.83. The molecule has 1 aliphatic rings. The standard InChI is InChI=1S/C19H27N3O4.C2HF3O2/c1-13-4-8-16(10-13)26-18(24)19(2,3)21-12-14-5-6-15(20-11-14)7-9-17(23)22-25;3-2(4,5)1(6)7/h5-7,9,11,13,16,21,25H,4,8,10,12H2,1-3H3,(H,22,23);(H,6,7)/b9-7+;. The summed E-state index contributed by atoms with van der Waals surface area (Å²) in [6.07, 6.45) is 2.28. The normalized spacial score (nSPS) is 18.4. The Hall–Kier alpha value is -2.99. The molecule has 33 heavy (non-hydrogen) atoms. The van der Waals surface area contributed by atoms with Gasteiger partial charge in [-0.1, -0.05) is 13.0 Å². The van der Waals surface area contributed by atoms with Crippen LogP contribution in [-0.2, 0) is 25.7 Å². The second-order valence-electron chi connectivity index (χ2n) is 8.13. The van der Waals surface area contributed by atoms with Gasteiger partial charge in [0.05, 0.1) is 5.69 Å². The minimum absolute atomic E-state index is 0.0300. The van der Waals surface area contributed by atoms with Crippen molar-refractivity contribution in [2.45, 2.75) is 64.4 Å². The third kappa shape index (κ3) is 10.4. The van der Waals surface area contributed by atoms with E-state index < -0.39 is 23.6 Å². The van der Waals surface area contributed by atoms with E-state index in [1.807, 2.05) is 19.9 Å². The minimum atomic E-state index is -5.08. The number of carboxylic acids is 1. The summed E-state index contributed by atoms with van der Waals surface area (Å²) in [5.41, 5.74) is 2.22. The van der Waals surface area contributed by atoms with Gasteiger partial charge in [0, 0.05) is 18.8 Å². The van der Waals surface area contributed by atoms with Gasteiger partial charge >= 0.3 is 18.1 Å². The molecule has 0 bridgehead atoms. The van der Waals surface area contributed by atoms with Crippen molar-refractivity contribution >= 4 is 23.9 Å². The van der Waals surface area contributed by atoms with E-state index in [-0.39, 0.29) is 12.1 Å². The smallest absolute Gasteiger partial charge is 0.475 e. The second-order valence-corrected chi connectivity index (χ2v) is 8.13. The average molecular weight is 475 g/mol. The number of halogens is 3. The van der Waals surface area contributed by atoms with Crippen LogP contribution < -0.4 is 10.8 Å². The molecular weight excluding hydrogens is 447 g/mol. The number of carbonyl (C=O) groups excluding carboxylic acids is 2. The molecule has 0 radical (unpaired) electrons. The summed E-state index contributed by atoms with van der Waals surface area (Å²) in [7, 11) is 0. The van der Waals surface area contributed by atoms with E-state index in [0.29, 0.717) is 18.2 Å². The highest BCUT2D eigenvalue weighted by molar-refractivity contribution is 5.90. The van der Waals surface area contributed by atoms with Crippen molar-refractivity contribution in [3.63, 3.8) is 0 Å². The van der Waals surface area contributed by atoms with Crippen LogP contribution in [-0.4, -0.2) is 51.0 Å². The Morgan fingerprint density at radius 2 is 1.88 bits per heavy atom. The van der Waals surface area contributed by atoms with Gasteiger partial charge in [-0.2, -0.15) is 13.2 Å². The number of carbonyl (C=O) groups is 3. The first-order valence-electron chi connectivity index (χ1n) is 10.1. The number of carboxylic acid groups (broad SMARTS) is 1. The number of hydroxylamine groups is 1. The molecule has 12 heteroatoms. The van der Waals surface area contributed by atoms with Crippen molar-refractivity contribution < 1.29 is 42.6 Å². The van der Waals surface area contributed by atoms with Crippen LogP contribution in [0.5, 0.6) is 0 Å². The zero-order valence-electron chi connectivity index (χ0n) is 18.5. The highest BCUT2D eigenvalue weighted by Crippen LogP contribution is 2.28. The molecule has 2 unspecified atom stereocenters. The summed E-state index contributed by atoms with van der Waals surface area (Å²) in [6, 6.07) is 3.61. The Labute approximate surface area is 189 Å². The van der Waals surface area contributed by atoms with E-state index in [0.717, 1.165) is 24.8 Å². The van der Waals surface area contributed by atoms with Crippen LogP contribution in [0.15, 0.2) is 24.4 Å². The fourth-order valence-electron chi connectivity index (χ4n) is 2.79. The molecule has 1 heterocycles. The Balaban J connectivity index is 0.000000675. The van der Waals surface area contributed by atoms with Crippen LogP contribution in [0.3, 0.4) is 0 Å². The maximum absolute atomic E-state index is 12.4. The van der Waals surface area contributed by atoms with Crippen molar-refractivity contribution in [2.75, 3.05) is 0 Å². The summed E-state index contributed by atoms with van der Waals surface area (Å²) < 4.78 is 37.4. The topological polar surface area (TPSA) is 138 Å². The van der Waals surface area contributed by atoms with Gasteiger partial charge in [-0.05, 0) is 56.7 Å². The lowest BCUT2D eigenvalue weighted by atomic mass is 10.1. The van der Waals surface area contributed by atoms with Gasteiger partial charge in [-0.25, -0.2) is 10.3 Å². The Bertz CT molecular complexity index is 841. The number of nitrogens with zero attached hydrogens (tertiary/aromatic N) is 1. The van der Waals surface area contributed by atoms with Crippen molar-refractivity contribution in [3.05, 3.63) is 35.7 Å². The molecule has 2 atom stereocenters. The molecule has 4 N–H and O–H groups in total. The van der Waals surface area contributed by atoms with Crippen LogP contribution in [0.2, 0.25) is 0 Å². The van der Waals surface area contributed by atoms with E-state index in [9.17, 15) is 22.8 Å². The molecule has 1 aliphatic carbocycles. The first-order chi connectivity index (χ1) is 15.2. The SMILES string of the molecule is CC1CCC(OC(=O)C(C)(C)NCc2ccc(/C=C/C(=O)NO)nc2)C1.O=C(O)C(F)(F)F. The Morgan fingerprint density at radius 1 is 1.24 bits per heavy atom. The largest absolute Gasteiger partial charge is 0.490 e. The van der Waals surface area contributed by atoms with Gasteiger partial charge < -0.3 is 9.84 Å². The number of pyridine rings is 1. The summed E-state index contributed by atoms with van der Waals surface area (Å²) in [6.45, 7) is 6.27. The predicted molar refractivity (Wildman–Crippen MR) is 111 cm³/mol. The molecule has 1 saturated carbocycles. The molecule has 0 aliphatic heterocycles. The number of hydrogen-bond donors (Lipinski definition) is 4. The number of hydrogen-bond acceptors (Lipinski definition) is 7. The fraction of sp³-hybridized carbons (Fsp3) is 0.524. The van der Waals surface area contributed by atoms with Gasteiger partial charge in [-0.15, -0.1) is 0 Å². The molecule has 0 spiro atoms. The summed E-state index contributed by atoms with van der Waals surface area (Å²) in [5, 5.41) is 18.8. The van der Waals surface area contributed by atoms with Crippen LogP contribution in [0, 0.1) is 5.92 Å². The maximum Gasteiger partial charge on any atom is 0.490 e. The van der Waals surface area contributed by atoms with Crippen molar-refractivity contribution in [2.24, 2.45) is 5.92 Å². The quantitative estimate of drug-likeness (QED) is 0.204. The van der Waals surface area contributed by atoms with Gasteiger partial charge in [0.25, 0.3) is 5.91 Å². The van der Waals surface area contributed by atoms with E-state index in [2.05, 4.69) is 17.2 Å². The molecule has 184 valence electrons. The summed E-state index contributed by atoms with van der Waals surface area (Å²) >= 11 is 0. The average Bonchev–Trinajstić information content (AvgIpc) is 3.15. The van der Waals surface area contributed by atoms with Gasteiger partial charge in [0.1, 0.15) is 11.6 Å². The third-order valence-corrected chi connectivity index (χ3v) is 4.77. The number of nitrogens with one attached hydrogen (secondary N) is 2. The Kier molecular flexibility index (Phi) is 10.5. The number of esters is 1. The number of aliphatic carboxylic acids is 1. The van der Waals surface area contributed by atoms with Gasteiger partial charge in [-0.3, -0.25) is 25.1 Å². The van der Waals surface area contributed by atoms with Gasteiger partial charge in [0.15, 0.2) is 0 Å². The van der Waals surface area contributed by atoms with Crippen LogP contribution in [0.4, 0.5) is 13.2 Å². The van der Waals surface area contributed by atoms with E-state index in [1.165, 1.54) is 17.6 Å². The highest BCUT2D eigenvalue weighted by atomic mass is 19.4. The molecule has 1 amide bonds. The fourth-order valence-corrected chi connectivity index (χ4v) is 2.79. The molecule has 1 aromatic rings. The number of alkyl halides is 3. The first kappa shape index (κ1) is 28.0. The zero-order valence-corrected chi connectivity index (χ0v) is 18.5. The monoisotopic (exact) mass is 475 g/mol. The second kappa shape index (κ2) is 12.3. The molecule has 9 nitrogen and oxygen atoms in total. The van der Waals surface area contributed by atoms with E-state index in [4.69, 9.17) is 19.8 Å². The first-order valence-corrected chi connectivity index (χ1v) is 10.1. The molecule has 0 aromatic carbocycles. The van der Waals surface area contributed by atoms with Crippen LogP contribution >= 0.6 is 0 Å². The summed E-state index contributed by atoms with van der Waals surface area (Å²) in [5.74, 6) is -2.99. The third-order valence-electron chi connectivity index (χ3n) is 4.77. The number of aromatic nitrogens is 1. The zero-order chi connectivity index (χ0) is 25.2. The van der Waals surface area contributed by atoms with E-state index in [1.54, 1.807) is 12.3 Å². The minimum Gasteiger partial charge on any atom is -0.475 e. The van der Waals surface area contributed by atoms with Crippen LogP contribution in [0.25, 0.3) is 6.08 Å². The van der Waals surface area contributed by atoms with Crippen molar-refractivity contribution in [1.82, 2.24) is 15.8 Å². The molecular formula is C21H28F3N3O6. The number of amides is 1. The lowest BCUT2D eigenvalue weighted by Gasteiger charge is -2.26.